The van der Waals surface area contributed by atoms with Crippen LogP contribution in [-0.2, 0) is 4.79 Å². The number of hydrogen-bond acceptors (Lipinski definition) is 4. The SMILES string of the molecule is CC(=O)Nc1nc(-c2cccc(F)c2)c(-c2ccncc2)s1. The predicted octanol–water partition coefficient (Wildman–Crippen LogP) is 3.97. The maximum atomic E-state index is 13.5. The first-order valence-corrected chi connectivity index (χ1v) is 7.40. The van der Waals surface area contributed by atoms with Crippen molar-refractivity contribution in [3.8, 4) is 21.7 Å². The maximum absolute atomic E-state index is 13.5. The third-order valence-electron chi connectivity index (χ3n) is 2.95. The van der Waals surface area contributed by atoms with Crippen LogP contribution < -0.4 is 5.32 Å². The average Bonchev–Trinajstić information content (AvgIpc) is 2.91. The van der Waals surface area contributed by atoms with Crippen molar-refractivity contribution in [3.05, 3.63) is 54.6 Å². The van der Waals surface area contributed by atoms with E-state index in [1.54, 1.807) is 24.5 Å². The third-order valence-corrected chi connectivity index (χ3v) is 3.97. The number of amides is 1. The molecule has 0 saturated heterocycles. The van der Waals surface area contributed by atoms with Crippen molar-refractivity contribution in [3.63, 3.8) is 0 Å². The van der Waals surface area contributed by atoms with Gasteiger partial charge in [-0.2, -0.15) is 0 Å². The predicted molar refractivity (Wildman–Crippen MR) is 85.0 cm³/mol. The van der Waals surface area contributed by atoms with Crippen molar-refractivity contribution in [2.24, 2.45) is 0 Å². The standard InChI is InChI=1S/C16H12FN3OS/c1-10(21)19-16-20-14(12-3-2-4-13(17)9-12)15(22-16)11-5-7-18-8-6-11/h2-9H,1H3,(H,19,20,21). The van der Waals surface area contributed by atoms with Gasteiger partial charge in [0, 0.05) is 24.9 Å². The number of pyridine rings is 1. The summed E-state index contributed by atoms with van der Waals surface area (Å²) in [5.41, 5.74) is 2.22. The van der Waals surface area contributed by atoms with Crippen molar-refractivity contribution in [2.75, 3.05) is 5.32 Å². The van der Waals surface area contributed by atoms with E-state index in [9.17, 15) is 9.18 Å². The van der Waals surface area contributed by atoms with E-state index in [1.165, 1.54) is 30.4 Å². The topological polar surface area (TPSA) is 54.9 Å². The molecule has 6 heteroatoms. The van der Waals surface area contributed by atoms with E-state index in [-0.39, 0.29) is 11.7 Å². The highest BCUT2D eigenvalue weighted by Crippen LogP contribution is 2.38. The van der Waals surface area contributed by atoms with E-state index < -0.39 is 0 Å². The van der Waals surface area contributed by atoms with Crippen LogP contribution in [0.25, 0.3) is 21.7 Å². The smallest absolute Gasteiger partial charge is 0.223 e. The van der Waals surface area contributed by atoms with E-state index >= 15 is 0 Å². The molecule has 0 atom stereocenters. The lowest BCUT2D eigenvalue weighted by atomic mass is 10.1. The molecule has 3 rings (SSSR count). The molecule has 2 aromatic heterocycles. The van der Waals surface area contributed by atoms with Crippen molar-refractivity contribution >= 4 is 22.4 Å². The second-order valence-corrected chi connectivity index (χ2v) is 5.62. The zero-order valence-corrected chi connectivity index (χ0v) is 12.5. The Balaban J connectivity index is 2.15. The Morgan fingerprint density at radius 1 is 1.18 bits per heavy atom. The molecule has 0 radical (unpaired) electrons. The number of aromatic nitrogens is 2. The van der Waals surface area contributed by atoms with E-state index in [4.69, 9.17) is 0 Å². The Labute approximate surface area is 130 Å². The summed E-state index contributed by atoms with van der Waals surface area (Å²) in [5, 5.41) is 3.16. The Morgan fingerprint density at radius 2 is 1.95 bits per heavy atom. The molecule has 22 heavy (non-hydrogen) atoms. The van der Waals surface area contributed by atoms with Crippen LogP contribution in [0.4, 0.5) is 9.52 Å². The van der Waals surface area contributed by atoms with E-state index in [0.717, 1.165) is 10.4 Å². The number of nitrogens with one attached hydrogen (secondary N) is 1. The lowest BCUT2D eigenvalue weighted by molar-refractivity contribution is -0.114. The second-order valence-electron chi connectivity index (χ2n) is 4.62. The molecule has 1 aromatic carbocycles. The van der Waals surface area contributed by atoms with Gasteiger partial charge in [-0.05, 0) is 29.8 Å². The van der Waals surface area contributed by atoms with Crippen LogP contribution in [0.5, 0.6) is 0 Å². The molecule has 0 aliphatic rings. The fraction of sp³-hybridized carbons (Fsp3) is 0.0625. The van der Waals surface area contributed by atoms with Crippen molar-refractivity contribution in [2.45, 2.75) is 6.92 Å². The highest BCUT2D eigenvalue weighted by Gasteiger charge is 2.16. The fourth-order valence-electron chi connectivity index (χ4n) is 2.05. The lowest BCUT2D eigenvalue weighted by Gasteiger charge is -2.02. The molecule has 0 spiro atoms. The summed E-state index contributed by atoms with van der Waals surface area (Å²) in [6, 6.07) is 9.95. The van der Waals surface area contributed by atoms with Crippen LogP contribution in [0.15, 0.2) is 48.8 Å². The highest BCUT2D eigenvalue weighted by atomic mass is 32.1. The van der Waals surface area contributed by atoms with Gasteiger partial charge in [0.2, 0.25) is 5.91 Å². The number of hydrogen-bond donors (Lipinski definition) is 1. The molecule has 4 nitrogen and oxygen atoms in total. The van der Waals surface area contributed by atoms with Gasteiger partial charge in [0.15, 0.2) is 5.13 Å². The minimum atomic E-state index is -0.327. The Bertz CT molecular complexity index is 817. The van der Waals surface area contributed by atoms with Gasteiger partial charge in [-0.1, -0.05) is 23.5 Å². The van der Waals surface area contributed by atoms with Gasteiger partial charge < -0.3 is 5.32 Å². The molecular formula is C16H12FN3OS. The summed E-state index contributed by atoms with van der Waals surface area (Å²) in [4.78, 5) is 20.5. The van der Waals surface area contributed by atoms with Crippen molar-refractivity contribution in [1.29, 1.82) is 0 Å². The van der Waals surface area contributed by atoms with Crippen LogP contribution in [0, 0.1) is 5.82 Å². The largest absolute Gasteiger partial charge is 0.302 e. The fourth-order valence-corrected chi connectivity index (χ4v) is 3.09. The summed E-state index contributed by atoms with van der Waals surface area (Å²) in [5.74, 6) is -0.520. The summed E-state index contributed by atoms with van der Waals surface area (Å²) < 4.78 is 13.5. The quantitative estimate of drug-likeness (QED) is 0.796. The third kappa shape index (κ3) is 3.01. The number of benzene rings is 1. The molecule has 2 heterocycles. The molecule has 110 valence electrons. The number of nitrogens with zero attached hydrogens (tertiary/aromatic N) is 2. The summed E-state index contributed by atoms with van der Waals surface area (Å²) in [6.07, 6.45) is 3.37. The van der Waals surface area contributed by atoms with Gasteiger partial charge in [0.1, 0.15) is 5.82 Å². The molecule has 0 unspecified atom stereocenters. The first-order valence-electron chi connectivity index (χ1n) is 6.58. The molecule has 1 amide bonds. The normalized spacial score (nSPS) is 10.5. The minimum absolute atomic E-state index is 0.194. The summed E-state index contributed by atoms with van der Waals surface area (Å²) >= 11 is 1.35. The zero-order valence-electron chi connectivity index (χ0n) is 11.7. The van der Waals surface area contributed by atoms with Gasteiger partial charge in [-0.15, -0.1) is 0 Å². The molecule has 3 aromatic rings. The number of carbonyl (C=O) groups excluding carboxylic acids is 1. The van der Waals surface area contributed by atoms with Crippen molar-refractivity contribution in [1.82, 2.24) is 9.97 Å². The number of rotatable bonds is 3. The first kappa shape index (κ1) is 14.3. The Hall–Kier alpha value is -2.60. The van der Waals surface area contributed by atoms with Crippen LogP contribution in [0.1, 0.15) is 6.92 Å². The van der Waals surface area contributed by atoms with Crippen molar-refractivity contribution < 1.29 is 9.18 Å². The summed E-state index contributed by atoms with van der Waals surface area (Å²) in [6.45, 7) is 1.43. The lowest BCUT2D eigenvalue weighted by Crippen LogP contribution is -2.04. The first-order chi connectivity index (χ1) is 10.6. The minimum Gasteiger partial charge on any atom is -0.302 e. The van der Waals surface area contributed by atoms with E-state index in [2.05, 4.69) is 15.3 Å². The molecule has 1 N–H and O–H groups in total. The summed E-state index contributed by atoms with van der Waals surface area (Å²) in [7, 11) is 0. The Morgan fingerprint density at radius 3 is 2.64 bits per heavy atom. The zero-order chi connectivity index (χ0) is 15.5. The molecular weight excluding hydrogens is 301 g/mol. The van der Waals surface area contributed by atoms with E-state index in [0.29, 0.717) is 16.4 Å². The number of thiazole rings is 1. The van der Waals surface area contributed by atoms with E-state index in [1.807, 2.05) is 12.1 Å². The second kappa shape index (κ2) is 6.03. The molecule has 0 aliphatic heterocycles. The maximum Gasteiger partial charge on any atom is 0.223 e. The van der Waals surface area contributed by atoms with Gasteiger partial charge in [0.05, 0.1) is 10.6 Å². The highest BCUT2D eigenvalue weighted by molar-refractivity contribution is 7.19. The number of carbonyl (C=O) groups is 1. The van der Waals surface area contributed by atoms with Gasteiger partial charge >= 0.3 is 0 Å². The van der Waals surface area contributed by atoms with Gasteiger partial charge in [0.25, 0.3) is 0 Å². The molecule has 0 saturated carbocycles. The van der Waals surface area contributed by atoms with Crippen LogP contribution >= 0.6 is 11.3 Å². The molecule has 0 aliphatic carbocycles. The molecule has 0 bridgehead atoms. The van der Waals surface area contributed by atoms with Crippen LogP contribution in [-0.4, -0.2) is 15.9 Å². The monoisotopic (exact) mass is 313 g/mol. The molecule has 0 fully saturated rings. The Kier molecular flexibility index (Phi) is 3.93. The average molecular weight is 313 g/mol. The number of halogens is 1. The van der Waals surface area contributed by atoms with Gasteiger partial charge in [-0.25, -0.2) is 9.37 Å². The number of anilines is 1. The van der Waals surface area contributed by atoms with Crippen LogP contribution in [0.2, 0.25) is 0 Å². The van der Waals surface area contributed by atoms with Crippen LogP contribution in [0.3, 0.4) is 0 Å². The van der Waals surface area contributed by atoms with Gasteiger partial charge in [-0.3, -0.25) is 9.78 Å².